The quantitative estimate of drug-likeness (QED) is 0.685. The molecule has 0 aliphatic rings. The molecule has 25 heavy (non-hydrogen) atoms. The number of rotatable bonds is 7. The van der Waals surface area contributed by atoms with Crippen LogP contribution in [-0.2, 0) is 6.54 Å². The van der Waals surface area contributed by atoms with E-state index in [1.54, 1.807) is 25.3 Å². The molecule has 0 spiro atoms. The van der Waals surface area contributed by atoms with Crippen molar-refractivity contribution in [3.8, 4) is 11.5 Å². The van der Waals surface area contributed by atoms with Gasteiger partial charge in [-0.2, -0.15) is 0 Å². The standard InChI is InChI=1S/C19H22BrNO4/c1-11(2)25-18-14(8-15(20)9-17(18)24-4)10-21-16-6-5-13(19(22)23)7-12(16)3/h5-9,11,21H,10H2,1-4H3,(H,22,23). The largest absolute Gasteiger partial charge is 0.493 e. The molecule has 0 aliphatic heterocycles. The fraction of sp³-hybridized carbons (Fsp3) is 0.316. The van der Waals surface area contributed by atoms with Crippen LogP contribution in [0.3, 0.4) is 0 Å². The van der Waals surface area contributed by atoms with E-state index in [2.05, 4.69) is 21.2 Å². The number of hydrogen-bond acceptors (Lipinski definition) is 4. The van der Waals surface area contributed by atoms with E-state index in [1.165, 1.54) is 0 Å². The minimum atomic E-state index is -0.931. The second-order valence-electron chi connectivity index (χ2n) is 5.95. The normalized spacial score (nSPS) is 10.6. The number of methoxy groups -OCH3 is 1. The summed E-state index contributed by atoms with van der Waals surface area (Å²) >= 11 is 3.49. The van der Waals surface area contributed by atoms with E-state index < -0.39 is 5.97 Å². The Hall–Kier alpha value is -2.21. The average Bonchev–Trinajstić information content (AvgIpc) is 2.54. The van der Waals surface area contributed by atoms with E-state index >= 15 is 0 Å². The predicted octanol–water partition coefficient (Wildman–Crippen LogP) is 4.86. The Morgan fingerprint density at radius 1 is 1.28 bits per heavy atom. The van der Waals surface area contributed by atoms with Crippen molar-refractivity contribution in [2.24, 2.45) is 0 Å². The molecule has 2 aromatic rings. The van der Waals surface area contributed by atoms with Gasteiger partial charge in [-0.25, -0.2) is 4.79 Å². The van der Waals surface area contributed by atoms with Crippen LogP contribution in [0.4, 0.5) is 5.69 Å². The molecule has 0 saturated carbocycles. The molecule has 0 aromatic heterocycles. The molecule has 0 atom stereocenters. The van der Waals surface area contributed by atoms with Crippen LogP contribution in [0.2, 0.25) is 0 Å². The van der Waals surface area contributed by atoms with Crippen LogP contribution in [0.15, 0.2) is 34.8 Å². The predicted molar refractivity (Wildman–Crippen MR) is 102 cm³/mol. The first-order valence-electron chi connectivity index (χ1n) is 7.92. The van der Waals surface area contributed by atoms with Gasteiger partial charge in [0.2, 0.25) is 0 Å². The molecule has 2 rings (SSSR count). The number of anilines is 1. The smallest absolute Gasteiger partial charge is 0.335 e. The molecule has 0 amide bonds. The maximum absolute atomic E-state index is 11.0. The maximum atomic E-state index is 11.0. The van der Waals surface area contributed by atoms with Crippen molar-refractivity contribution in [3.63, 3.8) is 0 Å². The first-order valence-corrected chi connectivity index (χ1v) is 8.72. The molecule has 2 aromatic carbocycles. The minimum absolute atomic E-state index is 0.0189. The second-order valence-corrected chi connectivity index (χ2v) is 6.87. The highest BCUT2D eigenvalue weighted by Gasteiger charge is 2.15. The van der Waals surface area contributed by atoms with Gasteiger partial charge in [-0.15, -0.1) is 0 Å². The zero-order valence-corrected chi connectivity index (χ0v) is 16.3. The van der Waals surface area contributed by atoms with E-state index in [9.17, 15) is 4.79 Å². The molecule has 0 fully saturated rings. The maximum Gasteiger partial charge on any atom is 0.335 e. The first kappa shape index (κ1) is 19.1. The molecule has 6 heteroatoms. The Morgan fingerprint density at radius 2 is 2.00 bits per heavy atom. The lowest BCUT2D eigenvalue weighted by molar-refractivity contribution is 0.0697. The lowest BCUT2D eigenvalue weighted by atomic mass is 10.1. The van der Waals surface area contributed by atoms with Gasteiger partial charge < -0.3 is 19.9 Å². The molecule has 0 heterocycles. The zero-order chi connectivity index (χ0) is 18.6. The third-order valence-electron chi connectivity index (χ3n) is 3.61. The second kappa shape index (κ2) is 8.25. The number of aromatic carboxylic acids is 1. The molecule has 5 nitrogen and oxygen atoms in total. The van der Waals surface area contributed by atoms with E-state index in [1.807, 2.05) is 32.9 Å². The summed E-state index contributed by atoms with van der Waals surface area (Å²) in [5.74, 6) is 0.435. The highest BCUT2D eigenvalue weighted by Crippen LogP contribution is 2.36. The van der Waals surface area contributed by atoms with Crippen LogP contribution in [0.25, 0.3) is 0 Å². The summed E-state index contributed by atoms with van der Waals surface area (Å²) < 4.78 is 12.3. The number of ether oxygens (including phenoxy) is 2. The minimum Gasteiger partial charge on any atom is -0.493 e. The van der Waals surface area contributed by atoms with Crippen molar-refractivity contribution in [1.29, 1.82) is 0 Å². The highest BCUT2D eigenvalue weighted by atomic mass is 79.9. The number of benzene rings is 2. The number of carbonyl (C=O) groups is 1. The molecule has 2 N–H and O–H groups in total. The Morgan fingerprint density at radius 3 is 2.56 bits per heavy atom. The molecular weight excluding hydrogens is 386 g/mol. The van der Waals surface area contributed by atoms with Gasteiger partial charge in [-0.1, -0.05) is 15.9 Å². The molecule has 0 bridgehead atoms. The number of carboxylic acid groups (broad SMARTS) is 1. The summed E-state index contributed by atoms with van der Waals surface area (Å²) in [4.78, 5) is 11.0. The van der Waals surface area contributed by atoms with E-state index in [4.69, 9.17) is 14.6 Å². The van der Waals surface area contributed by atoms with Crippen LogP contribution >= 0.6 is 15.9 Å². The topological polar surface area (TPSA) is 67.8 Å². The summed E-state index contributed by atoms with van der Waals surface area (Å²) in [7, 11) is 1.61. The number of nitrogens with one attached hydrogen (secondary N) is 1. The summed E-state index contributed by atoms with van der Waals surface area (Å²) in [6, 6.07) is 8.86. The average molecular weight is 408 g/mol. The number of carboxylic acids is 1. The van der Waals surface area contributed by atoms with Gasteiger partial charge in [-0.05, 0) is 56.7 Å². The van der Waals surface area contributed by atoms with Crippen molar-refractivity contribution in [2.45, 2.75) is 33.4 Å². The fourth-order valence-electron chi connectivity index (χ4n) is 2.46. The fourth-order valence-corrected chi connectivity index (χ4v) is 2.94. The molecule has 0 aliphatic carbocycles. The number of aryl methyl sites for hydroxylation is 1. The molecule has 0 saturated heterocycles. The van der Waals surface area contributed by atoms with Gasteiger partial charge in [0.05, 0.1) is 18.8 Å². The Labute approximate surface area is 156 Å². The van der Waals surface area contributed by atoms with Crippen molar-refractivity contribution in [1.82, 2.24) is 0 Å². The molecular formula is C19H22BrNO4. The van der Waals surface area contributed by atoms with Crippen molar-refractivity contribution in [3.05, 3.63) is 51.5 Å². The van der Waals surface area contributed by atoms with Crippen molar-refractivity contribution < 1.29 is 19.4 Å². The number of hydrogen-bond donors (Lipinski definition) is 2. The monoisotopic (exact) mass is 407 g/mol. The Kier molecular flexibility index (Phi) is 6.31. The SMILES string of the molecule is COc1cc(Br)cc(CNc2ccc(C(=O)O)cc2C)c1OC(C)C. The van der Waals surface area contributed by atoms with Crippen LogP contribution < -0.4 is 14.8 Å². The zero-order valence-electron chi connectivity index (χ0n) is 14.7. The lowest BCUT2D eigenvalue weighted by Gasteiger charge is -2.19. The van der Waals surface area contributed by atoms with Gasteiger partial charge in [0.25, 0.3) is 0 Å². The number of halogens is 1. The van der Waals surface area contributed by atoms with E-state index in [0.717, 1.165) is 21.3 Å². The summed E-state index contributed by atoms with van der Waals surface area (Å²) in [6.45, 7) is 6.33. The molecule has 0 unspecified atom stereocenters. The van der Waals surface area contributed by atoms with Gasteiger partial charge >= 0.3 is 5.97 Å². The summed E-state index contributed by atoms with van der Waals surface area (Å²) in [6.07, 6.45) is 0.0189. The summed E-state index contributed by atoms with van der Waals surface area (Å²) in [5, 5.41) is 12.4. The van der Waals surface area contributed by atoms with Crippen LogP contribution in [0.5, 0.6) is 11.5 Å². The Balaban J connectivity index is 2.28. The first-order chi connectivity index (χ1) is 11.8. The van der Waals surface area contributed by atoms with E-state index in [0.29, 0.717) is 18.0 Å². The van der Waals surface area contributed by atoms with Crippen LogP contribution in [0.1, 0.15) is 35.3 Å². The van der Waals surface area contributed by atoms with Gasteiger partial charge in [0, 0.05) is 22.3 Å². The lowest BCUT2D eigenvalue weighted by Crippen LogP contribution is -2.11. The highest BCUT2D eigenvalue weighted by molar-refractivity contribution is 9.10. The van der Waals surface area contributed by atoms with Gasteiger partial charge in [-0.3, -0.25) is 0 Å². The van der Waals surface area contributed by atoms with E-state index in [-0.39, 0.29) is 11.7 Å². The van der Waals surface area contributed by atoms with Crippen molar-refractivity contribution in [2.75, 3.05) is 12.4 Å². The molecule has 0 radical (unpaired) electrons. The van der Waals surface area contributed by atoms with Gasteiger partial charge in [0.1, 0.15) is 0 Å². The van der Waals surface area contributed by atoms with Crippen LogP contribution in [0, 0.1) is 6.92 Å². The summed E-state index contributed by atoms with van der Waals surface area (Å²) in [5.41, 5.74) is 2.96. The third kappa shape index (κ3) is 4.89. The molecule has 134 valence electrons. The van der Waals surface area contributed by atoms with Crippen molar-refractivity contribution >= 4 is 27.6 Å². The third-order valence-corrected chi connectivity index (χ3v) is 4.07. The Bertz CT molecular complexity index is 774. The van der Waals surface area contributed by atoms with Crippen LogP contribution in [-0.4, -0.2) is 24.3 Å². The van der Waals surface area contributed by atoms with Gasteiger partial charge in [0.15, 0.2) is 11.5 Å².